The third-order valence-corrected chi connectivity index (χ3v) is 5.01. The van der Waals surface area contributed by atoms with Crippen molar-refractivity contribution in [2.24, 2.45) is 0 Å². The zero-order chi connectivity index (χ0) is 19.0. The summed E-state index contributed by atoms with van der Waals surface area (Å²) < 4.78 is 13.5. The van der Waals surface area contributed by atoms with Crippen LogP contribution in [0.3, 0.4) is 0 Å². The van der Waals surface area contributed by atoms with Gasteiger partial charge in [0.05, 0.1) is 6.54 Å². The number of hydrogen-bond acceptors (Lipinski definition) is 4. The SMILES string of the molecule is Cc1cccc(-c2ccc(OC[C@@H]3Cn4cc(C)c(=O)nc4O3)cc2)c1C. The van der Waals surface area contributed by atoms with E-state index in [2.05, 4.69) is 49.2 Å². The maximum Gasteiger partial charge on any atom is 0.300 e. The summed E-state index contributed by atoms with van der Waals surface area (Å²) in [5, 5.41) is 0. The number of ether oxygens (including phenoxy) is 2. The van der Waals surface area contributed by atoms with Gasteiger partial charge in [0.1, 0.15) is 12.4 Å². The van der Waals surface area contributed by atoms with Gasteiger partial charge >= 0.3 is 0 Å². The van der Waals surface area contributed by atoms with Gasteiger partial charge < -0.3 is 9.47 Å². The first-order valence-electron chi connectivity index (χ1n) is 9.05. The lowest BCUT2D eigenvalue weighted by molar-refractivity contribution is 0.143. The van der Waals surface area contributed by atoms with Crippen LogP contribution in [0.5, 0.6) is 11.8 Å². The molecule has 0 saturated carbocycles. The molecule has 138 valence electrons. The zero-order valence-corrected chi connectivity index (χ0v) is 15.7. The van der Waals surface area contributed by atoms with Crippen LogP contribution < -0.4 is 15.0 Å². The maximum absolute atomic E-state index is 11.6. The molecule has 1 aromatic heterocycles. The Morgan fingerprint density at radius 3 is 2.67 bits per heavy atom. The van der Waals surface area contributed by atoms with Gasteiger partial charge in [-0.25, -0.2) is 0 Å². The van der Waals surface area contributed by atoms with Gasteiger partial charge in [0.2, 0.25) is 0 Å². The molecule has 0 N–H and O–H groups in total. The fourth-order valence-electron chi connectivity index (χ4n) is 3.28. The molecule has 3 aromatic rings. The molecule has 5 nitrogen and oxygen atoms in total. The molecular weight excluding hydrogens is 340 g/mol. The Balaban J connectivity index is 1.41. The first-order chi connectivity index (χ1) is 13.0. The smallest absolute Gasteiger partial charge is 0.300 e. The van der Waals surface area contributed by atoms with E-state index in [-0.39, 0.29) is 11.7 Å². The fraction of sp³-hybridized carbons (Fsp3) is 0.273. The molecule has 2 aromatic carbocycles. The minimum Gasteiger partial charge on any atom is -0.490 e. The highest BCUT2D eigenvalue weighted by Gasteiger charge is 2.24. The van der Waals surface area contributed by atoms with Gasteiger partial charge in [0.15, 0.2) is 6.10 Å². The summed E-state index contributed by atoms with van der Waals surface area (Å²) in [4.78, 5) is 15.6. The molecule has 27 heavy (non-hydrogen) atoms. The lowest BCUT2D eigenvalue weighted by atomic mass is 9.97. The van der Waals surface area contributed by atoms with Crippen molar-refractivity contribution in [3.05, 3.63) is 75.7 Å². The molecule has 4 rings (SSSR count). The van der Waals surface area contributed by atoms with Crippen molar-refractivity contribution >= 4 is 0 Å². The van der Waals surface area contributed by atoms with Crippen LogP contribution in [0.1, 0.15) is 16.7 Å². The molecule has 0 bridgehead atoms. The summed E-state index contributed by atoms with van der Waals surface area (Å²) in [5.41, 5.74) is 5.36. The van der Waals surface area contributed by atoms with Gasteiger partial charge in [-0.3, -0.25) is 9.36 Å². The van der Waals surface area contributed by atoms with E-state index in [0.29, 0.717) is 24.7 Å². The minimum absolute atomic E-state index is 0.155. The number of fused-ring (bicyclic) bond motifs is 1. The Bertz CT molecular complexity index is 1040. The van der Waals surface area contributed by atoms with Gasteiger partial charge in [0, 0.05) is 11.8 Å². The molecule has 2 heterocycles. The molecule has 0 radical (unpaired) electrons. The van der Waals surface area contributed by atoms with E-state index in [0.717, 1.165) is 5.75 Å². The molecule has 0 aliphatic carbocycles. The molecule has 0 unspecified atom stereocenters. The quantitative estimate of drug-likeness (QED) is 0.710. The van der Waals surface area contributed by atoms with Crippen LogP contribution in [-0.2, 0) is 6.54 Å². The zero-order valence-electron chi connectivity index (χ0n) is 15.7. The number of rotatable bonds is 4. The van der Waals surface area contributed by atoms with Crippen molar-refractivity contribution in [3.8, 4) is 22.9 Å². The summed E-state index contributed by atoms with van der Waals surface area (Å²) >= 11 is 0. The first-order valence-corrected chi connectivity index (χ1v) is 9.05. The Morgan fingerprint density at radius 2 is 1.89 bits per heavy atom. The number of aryl methyl sites for hydroxylation is 2. The Kier molecular flexibility index (Phi) is 4.44. The summed E-state index contributed by atoms with van der Waals surface area (Å²) in [5.74, 6) is 0.794. The molecule has 0 fully saturated rings. The second-order valence-electron chi connectivity index (χ2n) is 6.99. The van der Waals surface area contributed by atoms with Crippen molar-refractivity contribution in [3.63, 3.8) is 0 Å². The standard InChI is InChI=1S/C22H22N2O3/c1-14-5-4-6-20(16(14)3)17-7-9-18(10-8-17)26-13-19-12-24-11-15(2)21(25)23-22(24)27-19/h4-11,19H,12-13H2,1-3H3/t19-/m0/s1. The highest BCUT2D eigenvalue weighted by Crippen LogP contribution is 2.27. The van der Waals surface area contributed by atoms with E-state index < -0.39 is 0 Å². The molecule has 1 atom stereocenters. The number of aromatic nitrogens is 2. The van der Waals surface area contributed by atoms with E-state index in [1.807, 2.05) is 16.7 Å². The largest absolute Gasteiger partial charge is 0.490 e. The van der Waals surface area contributed by atoms with Crippen molar-refractivity contribution in [2.45, 2.75) is 33.4 Å². The number of nitrogens with zero attached hydrogens (tertiary/aromatic N) is 2. The van der Waals surface area contributed by atoms with Gasteiger partial charge in [-0.1, -0.05) is 30.3 Å². The Labute approximate surface area is 158 Å². The van der Waals surface area contributed by atoms with E-state index in [4.69, 9.17) is 9.47 Å². The summed E-state index contributed by atoms with van der Waals surface area (Å²) in [7, 11) is 0. The third kappa shape index (κ3) is 3.45. The lowest BCUT2D eigenvalue weighted by Gasteiger charge is -2.12. The van der Waals surface area contributed by atoms with Crippen molar-refractivity contribution in [2.75, 3.05) is 6.61 Å². The van der Waals surface area contributed by atoms with Crippen LogP contribution in [0.25, 0.3) is 11.1 Å². The van der Waals surface area contributed by atoms with E-state index >= 15 is 0 Å². The van der Waals surface area contributed by atoms with Gasteiger partial charge in [0.25, 0.3) is 11.6 Å². The summed E-state index contributed by atoms with van der Waals surface area (Å²) in [6, 6.07) is 14.8. The Morgan fingerprint density at radius 1 is 1.11 bits per heavy atom. The predicted molar refractivity (Wildman–Crippen MR) is 104 cm³/mol. The van der Waals surface area contributed by atoms with E-state index in [9.17, 15) is 4.79 Å². The molecule has 1 aliphatic rings. The predicted octanol–water partition coefficient (Wildman–Crippen LogP) is 3.68. The summed E-state index contributed by atoms with van der Waals surface area (Å²) in [6.45, 7) is 7.05. The van der Waals surface area contributed by atoms with Crippen LogP contribution in [0.15, 0.2) is 53.5 Å². The second-order valence-corrected chi connectivity index (χ2v) is 6.99. The van der Waals surface area contributed by atoms with Crippen molar-refractivity contribution in [1.29, 1.82) is 0 Å². The highest BCUT2D eigenvalue weighted by molar-refractivity contribution is 5.68. The van der Waals surface area contributed by atoms with Crippen LogP contribution >= 0.6 is 0 Å². The number of benzene rings is 2. The highest BCUT2D eigenvalue weighted by atomic mass is 16.6. The van der Waals surface area contributed by atoms with Crippen molar-refractivity contribution < 1.29 is 9.47 Å². The van der Waals surface area contributed by atoms with Crippen LogP contribution in [0.2, 0.25) is 0 Å². The van der Waals surface area contributed by atoms with Gasteiger partial charge in [-0.2, -0.15) is 4.98 Å². The summed E-state index contributed by atoms with van der Waals surface area (Å²) in [6.07, 6.45) is 1.63. The molecule has 0 amide bonds. The monoisotopic (exact) mass is 362 g/mol. The molecule has 0 saturated heterocycles. The molecule has 5 heteroatoms. The average molecular weight is 362 g/mol. The molecule has 0 spiro atoms. The van der Waals surface area contributed by atoms with Crippen LogP contribution in [-0.4, -0.2) is 22.3 Å². The van der Waals surface area contributed by atoms with Crippen LogP contribution in [0.4, 0.5) is 0 Å². The normalized spacial score (nSPS) is 15.3. The van der Waals surface area contributed by atoms with E-state index in [1.54, 1.807) is 13.1 Å². The van der Waals surface area contributed by atoms with Crippen molar-refractivity contribution in [1.82, 2.24) is 9.55 Å². The average Bonchev–Trinajstić information content (AvgIpc) is 3.05. The fourth-order valence-corrected chi connectivity index (χ4v) is 3.28. The number of hydrogen-bond donors (Lipinski definition) is 0. The first kappa shape index (κ1) is 17.3. The molecular formula is C22H22N2O3. The third-order valence-electron chi connectivity index (χ3n) is 5.01. The topological polar surface area (TPSA) is 53.4 Å². The lowest BCUT2D eigenvalue weighted by Crippen LogP contribution is -2.23. The van der Waals surface area contributed by atoms with Crippen LogP contribution in [0, 0.1) is 20.8 Å². The van der Waals surface area contributed by atoms with Gasteiger partial charge in [-0.15, -0.1) is 0 Å². The minimum atomic E-state index is -0.246. The maximum atomic E-state index is 11.6. The van der Waals surface area contributed by atoms with Gasteiger partial charge in [-0.05, 0) is 55.2 Å². The molecule has 1 aliphatic heterocycles. The Hall–Kier alpha value is -3.08. The van der Waals surface area contributed by atoms with E-state index in [1.165, 1.54) is 22.3 Å². The second kappa shape index (κ2) is 6.91.